The minimum absolute atomic E-state index is 0.0967. The minimum Gasteiger partial charge on any atom is -0.497 e. The van der Waals surface area contributed by atoms with Crippen LogP contribution in [0.2, 0.25) is 0 Å². The molecule has 0 radical (unpaired) electrons. The third-order valence-corrected chi connectivity index (χ3v) is 4.74. The summed E-state index contributed by atoms with van der Waals surface area (Å²) in [6.45, 7) is 0.439. The monoisotopic (exact) mass is 347 g/mol. The number of ether oxygens (including phenoxy) is 1. The summed E-state index contributed by atoms with van der Waals surface area (Å²) in [5.74, 6) is -0.352. The van der Waals surface area contributed by atoms with Crippen molar-refractivity contribution in [1.82, 2.24) is 5.32 Å². The zero-order valence-corrected chi connectivity index (χ0v) is 14.3. The van der Waals surface area contributed by atoms with E-state index in [2.05, 4.69) is 11.4 Å². The van der Waals surface area contributed by atoms with Crippen LogP contribution in [0.1, 0.15) is 30.4 Å². The van der Waals surface area contributed by atoms with Crippen LogP contribution < -0.4 is 10.1 Å². The molecular weight excluding hydrogens is 324 g/mol. The average Bonchev–Trinajstić information content (AvgIpc) is 3.39. The summed E-state index contributed by atoms with van der Waals surface area (Å²) in [6.07, 6.45) is 2.34. The van der Waals surface area contributed by atoms with E-state index in [1.54, 1.807) is 7.11 Å². The van der Waals surface area contributed by atoms with Gasteiger partial charge in [0.1, 0.15) is 17.4 Å². The van der Waals surface area contributed by atoms with Gasteiger partial charge < -0.3 is 15.2 Å². The van der Waals surface area contributed by atoms with Crippen molar-refractivity contribution in [3.8, 4) is 5.75 Å². The molecule has 1 fully saturated rings. The predicted octanol–water partition coefficient (Wildman–Crippen LogP) is 3.55. The second-order valence-electron chi connectivity index (χ2n) is 6.67. The fraction of sp³-hybridized carbons (Fsp3) is 0.400. The van der Waals surface area contributed by atoms with Gasteiger partial charge in [0, 0.05) is 18.2 Å². The van der Waals surface area contributed by atoms with E-state index in [1.165, 1.54) is 12.1 Å². The normalized spacial score (nSPS) is 16.5. The number of rotatable bonds is 8. The number of aliphatic hydroxyl groups is 1. The number of aryl methyl sites for hydroxylation is 1. The van der Waals surface area contributed by atoms with E-state index >= 15 is 0 Å². The summed E-state index contributed by atoms with van der Waals surface area (Å²) in [6, 6.07) is 11.4. The third kappa shape index (κ3) is 4.55. The van der Waals surface area contributed by atoms with Crippen LogP contribution in [-0.2, 0) is 12.0 Å². The van der Waals surface area contributed by atoms with Gasteiger partial charge in [-0.1, -0.05) is 12.1 Å². The second kappa shape index (κ2) is 7.50. The molecular formula is C20H23F2NO2. The Bertz CT molecular complexity index is 711. The lowest BCUT2D eigenvalue weighted by Crippen LogP contribution is -2.35. The molecule has 2 N–H and O–H groups in total. The van der Waals surface area contributed by atoms with Crippen LogP contribution in [0.3, 0.4) is 0 Å². The molecule has 3 rings (SSSR count). The fourth-order valence-corrected chi connectivity index (χ4v) is 3.12. The molecule has 0 heterocycles. The van der Waals surface area contributed by atoms with Crippen molar-refractivity contribution in [2.45, 2.75) is 37.3 Å². The van der Waals surface area contributed by atoms with E-state index in [1.807, 2.05) is 18.2 Å². The van der Waals surface area contributed by atoms with Crippen molar-refractivity contribution in [3.63, 3.8) is 0 Å². The molecule has 1 aliphatic carbocycles. The van der Waals surface area contributed by atoms with Crippen LogP contribution in [0.15, 0.2) is 42.5 Å². The fourth-order valence-electron chi connectivity index (χ4n) is 3.12. The van der Waals surface area contributed by atoms with Crippen molar-refractivity contribution in [2.24, 2.45) is 0 Å². The van der Waals surface area contributed by atoms with Crippen molar-refractivity contribution in [1.29, 1.82) is 0 Å². The maximum Gasteiger partial charge on any atom is 0.126 e. The topological polar surface area (TPSA) is 41.5 Å². The molecule has 134 valence electrons. The SMILES string of the molecule is COc1cccc(C2(NC[C@@H](O)CCc3cc(F)cc(F)c3)CC2)c1. The Morgan fingerprint density at radius 1 is 1.16 bits per heavy atom. The van der Waals surface area contributed by atoms with Gasteiger partial charge in [-0.25, -0.2) is 8.78 Å². The Morgan fingerprint density at radius 3 is 2.52 bits per heavy atom. The lowest BCUT2D eigenvalue weighted by atomic mass is 10.0. The number of hydrogen-bond donors (Lipinski definition) is 2. The number of benzene rings is 2. The summed E-state index contributed by atoms with van der Waals surface area (Å²) < 4.78 is 31.7. The molecule has 1 atom stereocenters. The first-order valence-corrected chi connectivity index (χ1v) is 8.53. The highest BCUT2D eigenvalue weighted by atomic mass is 19.1. The third-order valence-electron chi connectivity index (χ3n) is 4.74. The van der Waals surface area contributed by atoms with Crippen LogP contribution in [0.4, 0.5) is 8.78 Å². The van der Waals surface area contributed by atoms with Crippen molar-refractivity contribution < 1.29 is 18.6 Å². The Morgan fingerprint density at radius 2 is 1.88 bits per heavy atom. The van der Waals surface area contributed by atoms with E-state index in [4.69, 9.17) is 4.74 Å². The zero-order valence-electron chi connectivity index (χ0n) is 14.3. The summed E-state index contributed by atoms with van der Waals surface area (Å²) in [5.41, 5.74) is 1.62. The molecule has 2 aromatic carbocycles. The highest BCUT2D eigenvalue weighted by Crippen LogP contribution is 2.46. The maximum absolute atomic E-state index is 13.2. The molecule has 1 aliphatic rings. The van der Waals surface area contributed by atoms with Gasteiger partial charge in [-0.3, -0.25) is 0 Å². The van der Waals surface area contributed by atoms with E-state index < -0.39 is 17.7 Å². The molecule has 0 saturated heterocycles. The number of nitrogens with one attached hydrogen (secondary N) is 1. The van der Waals surface area contributed by atoms with Crippen molar-refractivity contribution >= 4 is 0 Å². The second-order valence-corrected chi connectivity index (χ2v) is 6.67. The highest BCUT2D eigenvalue weighted by molar-refractivity contribution is 5.36. The summed E-state index contributed by atoms with van der Waals surface area (Å²) in [5, 5.41) is 13.7. The molecule has 0 aromatic heterocycles. The van der Waals surface area contributed by atoms with E-state index in [-0.39, 0.29) is 5.54 Å². The number of hydrogen-bond acceptors (Lipinski definition) is 3. The van der Waals surface area contributed by atoms with Crippen LogP contribution in [0.25, 0.3) is 0 Å². The number of methoxy groups -OCH3 is 1. The first kappa shape index (κ1) is 17.8. The Kier molecular flexibility index (Phi) is 5.35. The summed E-state index contributed by atoms with van der Waals surface area (Å²) in [4.78, 5) is 0. The summed E-state index contributed by atoms with van der Waals surface area (Å²) in [7, 11) is 1.64. The summed E-state index contributed by atoms with van der Waals surface area (Å²) >= 11 is 0. The largest absolute Gasteiger partial charge is 0.497 e. The van der Waals surface area contributed by atoms with Crippen molar-refractivity contribution in [3.05, 3.63) is 65.2 Å². The molecule has 2 aromatic rings. The van der Waals surface area contributed by atoms with Gasteiger partial charge in [0.15, 0.2) is 0 Å². The molecule has 3 nitrogen and oxygen atoms in total. The first-order chi connectivity index (χ1) is 12.0. The van der Waals surface area contributed by atoms with E-state index in [0.717, 1.165) is 30.2 Å². The van der Waals surface area contributed by atoms with Gasteiger partial charge >= 0.3 is 0 Å². The smallest absolute Gasteiger partial charge is 0.126 e. The Balaban J connectivity index is 1.52. The van der Waals surface area contributed by atoms with Crippen LogP contribution in [0.5, 0.6) is 5.75 Å². The quantitative estimate of drug-likeness (QED) is 0.767. The van der Waals surface area contributed by atoms with Gasteiger partial charge in [-0.05, 0) is 61.1 Å². The molecule has 0 unspecified atom stereocenters. The van der Waals surface area contributed by atoms with E-state index in [9.17, 15) is 13.9 Å². The minimum atomic E-state index is -0.586. The van der Waals surface area contributed by atoms with Crippen LogP contribution in [0, 0.1) is 11.6 Å². The molecule has 0 aliphatic heterocycles. The first-order valence-electron chi connectivity index (χ1n) is 8.53. The molecule has 0 amide bonds. The Labute approximate surface area is 146 Å². The Hall–Kier alpha value is -1.98. The lowest BCUT2D eigenvalue weighted by molar-refractivity contribution is 0.155. The van der Waals surface area contributed by atoms with Crippen LogP contribution in [-0.4, -0.2) is 24.9 Å². The van der Waals surface area contributed by atoms with Gasteiger partial charge in [-0.2, -0.15) is 0 Å². The van der Waals surface area contributed by atoms with Gasteiger partial charge in [0.25, 0.3) is 0 Å². The number of halogens is 2. The van der Waals surface area contributed by atoms with Crippen LogP contribution >= 0.6 is 0 Å². The maximum atomic E-state index is 13.2. The standard InChI is InChI=1S/C20H23F2NO2/c1-25-19-4-2-3-15(11-19)20(7-8-20)23-13-18(24)6-5-14-9-16(21)12-17(22)10-14/h2-4,9-12,18,23-24H,5-8,13H2,1H3/t18-/m0/s1. The molecule has 25 heavy (non-hydrogen) atoms. The van der Waals surface area contributed by atoms with Gasteiger partial charge in [0.2, 0.25) is 0 Å². The molecule has 0 spiro atoms. The van der Waals surface area contributed by atoms with Crippen molar-refractivity contribution in [2.75, 3.05) is 13.7 Å². The highest BCUT2D eigenvalue weighted by Gasteiger charge is 2.44. The zero-order chi connectivity index (χ0) is 17.9. The van der Waals surface area contributed by atoms with Gasteiger partial charge in [-0.15, -0.1) is 0 Å². The average molecular weight is 347 g/mol. The lowest BCUT2D eigenvalue weighted by Gasteiger charge is -2.21. The van der Waals surface area contributed by atoms with Gasteiger partial charge in [0.05, 0.1) is 13.2 Å². The van der Waals surface area contributed by atoms with E-state index in [0.29, 0.717) is 24.9 Å². The number of aliphatic hydroxyl groups excluding tert-OH is 1. The molecule has 0 bridgehead atoms. The predicted molar refractivity (Wildman–Crippen MR) is 92.6 cm³/mol. The molecule has 5 heteroatoms. The molecule has 1 saturated carbocycles.